The van der Waals surface area contributed by atoms with Gasteiger partial charge in [-0.25, -0.2) is 4.79 Å². The molecule has 0 saturated carbocycles. The van der Waals surface area contributed by atoms with Gasteiger partial charge in [0.1, 0.15) is 12.4 Å². The Labute approximate surface area is 227 Å². The Morgan fingerprint density at radius 3 is 2.46 bits per heavy atom. The quantitative estimate of drug-likeness (QED) is 0.426. The summed E-state index contributed by atoms with van der Waals surface area (Å²) in [5.41, 5.74) is 5.31. The summed E-state index contributed by atoms with van der Waals surface area (Å²) in [6.45, 7) is 2.15. The zero-order valence-corrected chi connectivity index (χ0v) is 21.9. The van der Waals surface area contributed by atoms with Crippen LogP contribution in [0.3, 0.4) is 0 Å². The number of nitrogens with one attached hydrogen (secondary N) is 1. The molecule has 0 bridgehead atoms. The van der Waals surface area contributed by atoms with Gasteiger partial charge >= 0.3 is 5.97 Å². The number of carbonyl (C=O) groups is 2. The number of benzene rings is 3. The molecule has 0 amide bonds. The van der Waals surface area contributed by atoms with E-state index in [9.17, 15) is 9.59 Å². The van der Waals surface area contributed by atoms with Crippen LogP contribution in [0.25, 0.3) is 0 Å². The molecule has 3 aromatic carbocycles. The lowest BCUT2D eigenvalue weighted by Crippen LogP contribution is -2.36. The Hall–Kier alpha value is -4.52. The molecule has 3 aliphatic rings. The summed E-state index contributed by atoms with van der Waals surface area (Å²) in [5, 5.41) is 3.41. The fraction of sp³-hybridized carbons (Fsp3) is 0.250. The van der Waals surface area contributed by atoms with Crippen molar-refractivity contribution >= 4 is 11.8 Å². The maximum absolute atomic E-state index is 13.9. The van der Waals surface area contributed by atoms with E-state index in [4.69, 9.17) is 18.9 Å². The molecule has 0 saturated heterocycles. The molecular weight excluding hydrogens is 494 g/mol. The maximum atomic E-state index is 13.9. The molecule has 1 aliphatic carbocycles. The van der Waals surface area contributed by atoms with Gasteiger partial charge in [0.05, 0.1) is 12.7 Å². The first-order valence-corrected chi connectivity index (χ1v) is 13.0. The van der Waals surface area contributed by atoms with Crippen molar-refractivity contribution in [3.05, 3.63) is 112 Å². The number of esters is 1. The predicted octanol–water partition coefficient (Wildman–Crippen LogP) is 5.53. The van der Waals surface area contributed by atoms with E-state index in [0.29, 0.717) is 41.2 Å². The molecule has 7 nitrogen and oxygen atoms in total. The molecule has 2 atom stereocenters. The summed E-state index contributed by atoms with van der Waals surface area (Å²) in [4.78, 5) is 27.5. The number of rotatable bonds is 6. The summed E-state index contributed by atoms with van der Waals surface area (Å²) in [6, 6.07) is 23.0. The fourth-order valence-electron chi connectivity index (χ4n) is 5.65. The highest BCUT2D eigenvalue weighted by Crippen LogP contribution is 2.47. The van der Waals surface area contributed by atoms with Crippen molar-refractivity contribution in [2.45, 2.75) is 38.2 Å². The second-order valence-corrected chi connectivity index (χ2v) is 9.96. The minimum Gasteiger partial charge on any atom is -0.497 e. The molecule has 2 aliphatic heterocycles. The Morgan fingerprint density at radius 2 is 1.69 bits per heavy atom. The highest BCUT2D eigenvalue weighted by atomic mass is 16.7. The highest BCUT2D eigenvalue weighted by Gasteiger charge is 2.42. The van der Waals surface area contributed by atoms with Gasteiger partial charge in [-0.2, -0.15) is 0 Å². The second kappa shape index (κ2) is 10.3. The number of Topliss-reactive ketones (excluding diaryl/α,β-unsaturated/α-hetero) is 1. The smallest absolute Gasteiger partial charge is 0.337 e. The van der Waals surface area contributed by atoms with Crippen LogP contribution in [0.1, 0.15) is 48.3 Å². The molecule has 39 heavy (non-hydrogen) atoms. The monoisotopic (exact) mass is 523 g/mol. The van der Waals surface area contributed by atoms with Crippen LogP contribution >= 0.6 is 0 Å². The van der Waals surface area contributed by atoms with Crippen molar-refractivity contribution in [2.24, 2.45) is 0 Å². The van der Waals surface area contributed by atoms with Gasteiger partial charge in [0.25, 0.3) is 0 Å². The first kappa shape index (κ1) is 24.8. The zero-order valence-electron chi connectivity index (χ0n) is 21.9. The molecule has 0 aromatic heterocycles. The number of allylic oxidation sites excluding steroid dienone is 3. The summed E-state index contributed by atoms with van der Waals surface area (Å²) in [7, 11) is 1.63. The topological polar surface area (TPSA) is 83.1 Å². The van der Waals surface area contributed by atoms with Crippen LogP contribution in [-0.2, 0) is 20.9 Å². The number of methoxy groups -OCH3 is 1. The Morgan fingerprint density at radius 1 is 0.949 bits per heavy atom. The first-order chi connectivity index (χ1) is 19.0. The SMILES string of the molecule is COc1ccc([C@H]2CC(=O)C3=C(C2)NC(C)=C(C(=O)OCc2ccccc2)[C@@H]3c2ccc3c(c2)OCO3)cc1. The fourth-order valence-corrected chi connectivity index (χ4v) is 5.65. The van der Waals surface area contributed by atoms with Gasteiger partial charge in [0, 0.05) is 29.3 Å². The van der Waals surface area contributed by atoms with Crippen LogP contribution in [0.4, 0.5) is 0 Å². The largest absolute Gasteiger partial charge is 0.497 e. The molecule has 0 spiro atoms. The average molecular weight is 524 g/mol. The van der Waals surface area contributed by atoms with E-state index in [1.165, 1.54) is 0 Å². The van der Waals surface area contributed by atoms with Crippen molar-refractivity contribution in [3.8, 4) is 17.2 Å². The third-order valence-corrected chi connectivity index (χ3v) is 7.58. The third kappa shape index (κ3) is 4.76. The van der Waals surface area contributed by atoms with E-state index in [0.717, 1.165) is 28.1 Å². The summed E-state index contributed by atoms with van der Waals surface area (Å²) in [6.07, 6.45) is 0.997. The molecule has 0 unspecified atom stereocenters. The second-order valence-electron chi connectivity index (χ2n) is 9.96. The molecule has 1 N–H and O–H groups in total. The van der Waals surface area contributed by atoms with Crippen molar-refractivity contribution in [3.63, 3.8) is 0 Å². The number of hydrogen-bond donors (Lipinski definition) is 1. The predicted molar refractivity (Wildman–Crippen MR) is 144 cm³/mol. The number of hydrogen-bond acceptors (Lipinski definition) is 7. The van der Waals surface area contributed by atoms with Gasteiger partial charge in [-0.15, -0.1) is 0 Å². The van der Waals surface area contributed by atoms with Crippen LogP contribution in [0.15, 0.2) is 95.3 Å². The lowest BCUT2D eigenvalue weighted by molar-refractivity contribution is -0.140. The minimum absolute atomic E-state index is 0.00749. The molecular formula is C32H29NO6. The van der Waals surface area contributed by atoms with Crippen molar-refractivity contribution in [1.82, 2.24) is 5.32 Å². The Bertz CT molecular complexity index is 1490. The van der Waals surface area contributed by atoms with E-state index in [1.807, 2.05) is 79.7 Å². The van der Waals surface area contributed by atoms with E-state index >= 15 is 0 Å². The van der Waals surface area contributed by atoms with Crippen molar-refractivity contribution in [1.29, 1.82) is 0 Å². The van der Waals surface area contributed by atoms with E-state index < -0.39 is 11.9 Å². The van der Waals surface area contributed by atoms with Crippen LogP contribution in [0.5, 0.6) is 17.2 Å². The van der Waals surface area contributed by atoms with Gasteiger partial charge < -0.3 is 24.3 Å². The molecule has 0 radical (unpaired) electrons. The lowest BCUT2D eigenvalue weighted by atomic mass is 9.71. The highest BCUT2D eigenvalue weighted by molar-refractivity contribution is 6.04. The van der Waals surface area contributed by atoms with Gasteiger partial charge in [0.2, 0.25) is 6.79 Å². The van der Waals surface area contributed by atoms with Crippen LogP contribution < -0.4 is 19.5 Å². The first-order valence-electron chi connectivity index (χ1n) is 13.0. The van der Waals surface area contributed by atoms with E-state index in [1.54, 1.807) is 7.11 Å². The number of ketones is 1. The number of ether oxygens (including phenoxy) is 4. The normalized spacial score (nSPS) is 19.9. The molecule has 6 rings (SSSR count). The van der Waals surface area contributed by atoms with Crippen molar-refractivity contribution < 1.29 is 28.5 Å². The Balaban J connectivity index is 1.36. The van der Waals surface area contributed by atoms with Crippen molar-refractivity contribution in [2.75, 3.05) is 13.9 Å². The average Bonchev–Trinajstić information content (AvgIpc) is 3.44. The Kier molecular flexibility index (Phi) is 6.57. The third-order valence-electron chi connectivity index (χ3n) is 7.58. The van der Waals surface area contributed by atoms with E-state index in [-0.39, 0.29) is 25.1 Å². The summed E-state index contributed by atoms with van der Waals surface area (Å²) >= 11 is 0. The summed E-state index contributed by atoms with van der Waals surface area (Å²) < 4.78 is 22.2. The zero-order chi connectivity index (χ0) is 26.9. The number of fused-ring (bicyclic) bond motifs is 1. The van der Waals surface area contributed by atoms with E-state index in [2.05, 4.69) is 5.32 Å². The molecule has 198 valence electrons. The van der Waals surface area contributed by atoms with Crippen LogP contribution in [0, 0.1) is 0 Å². The lowest BCUT2D eigenvalue weighted by Gasteiger charge is -2.36. The van der Waals surface area contributed by atoms with Crippen LogP contribution in [-0.4, -0.2) is 25.7 Å². The van der Waals surface area contributed by atoms with Crippen LogP contribution in [0.2, 0.25) is 0 Å². The van der Waals surface area contributed by atoms with Gasteiger partial charge in [-0.05, 0) is 60.2 Å². The van der Waals surface area contributed by atoms with Gasteiger partial charge in [-0.3, -0.25) is 4.79 Å². The van der Waals surface area contributed by atoms with Gasteiger partial charge in [0.15, 0.2) is 17.3 Å². The molecule has 7 heteroatoms. The number of carbonyl (C=O) groups excluding carboxylic acids is 2. The molecule has 2 heterocycles. The summed E-state index contributed by atoms with van der Waals surface area (Å²) in [5.74, 6) is 1.01. The standard InChI is InChI=1S/C32H29NO6/c1-19-29(32(35)37-17-20-6-4-3-5-7-20)30(22-10-13-27-28(16-22)39-18-38-27)31-25(33-19)14-23(15-26(31)34)21-8-11-24(36-2)12-9-21/h3-13,16,23,30,33H,14-15,17-18H2,1-2H3/t23-,30+/m1/s1. The number of dihydropyridines is 1. The molecule has 0 fully saturated rings. The molecule has 3 aromatic rings. The maximum Gasteiger partial charge on any atom is 0.337 e. The van der Waals surface area contributed by atoms with Gasteiger partial charge in [-0.1, -0.05) is 48.5 Å². The minimum atomic E-state index is -0.580.